The van der Waals surface area contributed by atoms with Crippen LogP contribution in [0.2, 0.25) is 0 Å². The van der Waals surface area contributed by atoms with Crippen molar-refractivity contribution in [3.05, 3.63) is 60.1 Å². The molecule has 1 aromatic heterocycles. The van der Waals surface area contributed by atoms with Crippen molar-refractivity contribution < 1.29 is 9.21 Å². The molecule has 0 spiro atoms. The maximum Gasteiger partial charge on any atom is 0.254 e. The second-order valence-corrected chi connectivity index (χ2v) is 6.46. The highest BCUT2D eigenvalue weighted by Gasteiger charge is 2.35. The molecule has 23 heavy (non-hydrogen) atoms. The summed E-state index contributed by atoms with van der Waals surface area (Å²) >= 11 is 0. The number of carbonyl (C=O) groups is 1. The molecule has 2 N–H and O–H groups in total. The van der Waals surface area contributed by atoms with Crippen LogP contribution in [0.25, 0.3) is 0 Å². The topological polar surface area (TPSA) is 54.3 Å². The number of benzene rings is 1. The second-order valence-electron chi connectivity index (χ2n) is 6.46. The summed E-state index contributed by atoms with van der Waals surface area (Å²) in [4.78, 5) is 12.2. The molecule has 0 bridgehead atoms. The van der Waals surface area contributed by atoms with Crippen LogP contribution in [-0.4, -0.2) is 18.0 Å². The average Bonchev–Trinajstić information content (AvgIpc) is 3.26. The minimum Gasteiger partial charge on any atom is -0.472 e. The van der Waals surface area contributed by atoms with E-state index in [0.29, 0.717) is 12.1 Å². The largest absolute Gasteiger partial charge is 0.472 e. The SMILES string of the molecule is CC(NC1(CNC(=O)c2ccoc2)CCCC1)c1ccccc1. The molecule has 1 aliphatic carbocycles. The van der Waals surface area contributed by atoms with Crippen LogP contribution in [0, 0.1) is 0 Å². The Bertz CT molecular complexity index is 616. The van der Waals surface area contributed by atoms with Crippen molar-refractivity contribution in [2.45, 2.75) is 44.2 Å². The van der Waals surface area contributed by atoms with Gasteiger partial charge < -0.3 is 15.1 Å². The van der Waals surface area contributed by atoms with Crippen LogP contribution in [0.15, 0.2) is 53.3 Å². The molecule has 1 fully saturated rings. The standard InChI is InChI=1S/C19H24N2O2/c1-15(16-7-3-2-4-8-16)21-19(10-5-6-11-19)14-20-18(22)17-9-12-23-13-17/h2-4,7-9,12-13,15,21H,5-6,10-11,14H2,1H3,(H,20,22). The van der Waals surface area contributed by atoms with Gasteiger partial charge in [0.25, 0.3) is 5.91 Å². The highest BCUT2D eigenvalue weighted by atomic mass is 16.3. The molecule has 1 atom stereocenters. The van der Waals surface area contributed by atoms with Gasteiger partial charge in [0, 0.05) is 18.1 Å². The molecule has 0 aliphatic heterocycles. The summed E-state index contributed by atoms with van der Waals surface area (Å²) in [7, 11) is 0. The van der Waals surface area contributed by atoms with E-state index >= 15 is 0 Å². The Morgan fingerprint density at radius 2 is 1.96 bits per heavy atom. The lowest BCUT2D eigenvalue weighted by molar-refractivity contribution is 0.0936. The summed E-state index contributed by atoms with van der Waals surface area (Å²) in [5, 5.41) is 6.83. The predicted octanol–water partition coefficient (Wildman–Crippen LogP) is 3.67. The first-order chi connectivity index (χ1) is 11.2. The van der Waals surface area contributed by atoms with Crippen molar-refractivity contribution in [1.29, 1.82) is 0 Å². The fraction of sp³-hybridized carbons (Fsp3) is 0.421. The number of nitrogens with one attached hydrogen (secondary N) is 2. The fourth-order valence-electron chi connectivity index (χ4n) is 3.45. The molecular weight excluding hydrogens is 288 g/mol. The van der Waals surface area contributed by atoms with E-state index in [1.54, 1.807) is 6.07 Å². The molecule has 4 nitrogen and oxygen atoms in total. The molecule has 4 heteroatoms. The summed E-state index contributed by atoms with van der Waals surface area (Å²) < 4.78 is 4.98. The highest BCUT2D eigenvalue weighted by Crippen LogP contribution is 2.31. The first-order valence-corrected chi connectivity index (χ1v) is 8.32. The number of hydrogen-bond donors (Lipinski definition) is 2. The Kier molecular flexibility index (Phi) is 4.82. The van der Waals surface area contributed by atoms with Crippen LogP contribution in [0.1, 0.15) is 54.6 Å². The van der Waals surface area contributed by atoms with Crippen molar-refractivity contribution in [3.8, 4) is 0 Å². The molecule has 1 heterocycles. The van der Waals surface area contributed by atoms with Gasteiger partial charge in [-0.1, -0.05) is 43.2 Å². The summed E-state index contributed by atoms with van der Waals surface area (Å²) in [6, 6.07) is 12.4. The Hall–Kier alpha value is -2.07. The average molecular weight is 312 g/mol. The number of amides is 1. The first-order valence-electron chi connectivity index (χ1n) is 8.32. The van der Waals surface area contributed by atoms with Crippen molar-refractivity contribution in [2.75, 3.05) is 6.54 Å². The van der Waals surface area contributed by atoms with E-state index in [0.717, 1.165) is 12.8 Å². The number of rotatable bonds is 6. The van der Waals surface area contributed by atoms with Gasteiger partial charge in [-0.15, -0.1) is 0 Å². The molecule has 0 saturated heterocycles. The fourth-order valence-corrected chi connectivity index (χ4v) is 3.45. The van der Waals surface area contributed by atoms with Gasteiger partial charge in [-0.25, -0.2) is 0 Å². The van der Waals surface area contributed by atoms with E-state index in [1.807, 2.05) is 6.07 Å². The zero-order chi connectivity index (χ0) is 16.1. The molecule has 0 radical (unpaired) electrons. The van der Waals surface area contributed by atoms with Gasteiger partial charge >= 0.3 is 0 Å². The zero-order valence-corrected chi connectivity index (χ0v) is 13.5. The third-order valence-corrected chi connectivity index (χ3v) is 4.75. The third-order valence-electron chi connectivity index (χ3n) is 4.75. The lowest BCUT2D eigenvalue weighted by Crippen LogP contribution is -2.52. The van der Waals surface area contributed by atoms with Gasteiger partial charge in [0.1, 0.15) is 6.26 Å². The number of hydrogen-bond acceptors (Lipinski definition) is 3. The van der Waals surface area contributed by atoms with Crippen molar-refractivity contribution in [2.24, 2.45) is 0 Å². The molecule has 1 aliphatic rings. The molecular formula is C19H24N2O2. The van der Waals surface area contributed by atoms with E-state index in [4.69, 9.17) is 4.42 Å². The van der Waals surface area contributed by atoms with Gasteiger partial charge in [-0.3, -0.25) is 4.79 Å². The molecule has 2 aromatic rings. The van der Waals surface area contributed by atoms with Crippen LogP contribution < -0.4 is 10.6 Å². The van der Waals surface area contributed by atoms with Crippen LogP contribution in [0.5, 0.6) is 0 Å². The Balaban J connectivity index is 1.64. The van der Waals surface area contributed by atoms with Crippen molar-refractivity contribution in [3.63, 3.8) is 0 Å². The Morgan fingerprint density at radius 1 is 1.22 bits per heavy atom. The van der Waals surface area contributed by atoms with Crippen molar-refractivity contribution >= 4 is 5.91 Å². The maximum absolute atomic E-state index is 12.2. The molecule has 3 rings (SSSR count). The van der Waals surface area contributed by atoms with Crippen molar-refractivity contribution in [1.82, 2.24) is 10.6 Å². The number of carbonyl (C=O) groups excluding carboxylic acids is 1. The lowest BCUT2D eigenvalue weighted by atomic mass is 9.94. The lowest BCUT2D eigenvalue weighted by Gasteiger charge is -2.34. The van der Waals surface area contributed by atoms with E-state index in [2.05, 4.69) is 41.8 Å². The molecule has 122 valence electrons. The quantitative estimate of drug-likeness (QED) is 0.855. The first kappa shape index (κ1) is 15.8. The second kappa shape index (κ2) is 7.01. The van der Waals surface area contributed by atoms with Gasteiger partial charge in [0.05, 0.1) is 11.8 Å². The van der Waals surface area contributed by atoms with Crippen LogP contribution in [0.3, 0.4) is 0 Å². The highest BCUT2D eigenvalue weighted by molar-refractivity contribution is 5.93. The third kappa shape index (κ3) is 3.82. The monoisotopic (exact) mass is 312 g/mol. The van der Waals surface area contributed by atoms with E-state index in [9.17, 15) is 4.79 Å². The number of furan rings is 1. The Morgan fingerprint density at radius 3 is 2.61 bits per heavy atom. The van der Waals surface area contributed by atoms with Gasteiger partial charge in [0.15, 0.2) is 0 Å². The van der Waals surface area contributed by atoms with Crippen LogP contribution >= 0.6 is 0 Å². The smallest absolute Gasteiger partial charge is 0.254 e. The van der Waals surface area contributed by atoms with E-state index < -0.39 is 0 Å². The summed E-state index contributed by atoms with van der Waals surface area (Å²) in [6.07, 6.45) is 7.60. The van der Waals surface area contributed by atoms with Gasteiger partial charge in [-0.2, -0.15) is 0 Å². The molecule has 1 unspecified atom stereocenters. The van der Waals surface area contributed by atoms with Gasteiger partial charge in [0.2, 0.25) is 0 Å². The maximum atomic E-state index is 12.2. The minimum atomic E-state index is -0.0702. The molecule has 1 saturated carbocycles. The van der Waals surface area contributed by atoms with E-state index in [1.165, 1.54) is 30.9 Å². The van der Waals surface area contributed by atoms with Gasteiger partial charge in [-0.05, 0) is 31.4 Å². The summed E-state index contributed by atoms with van der Waals surface area (Å²) in [5.41, 5.74) is 1.84. The van der Waals surface area contributed by atoms with Crippen LogP contribution in [-0.2, 0) is 0 Å². The normalized spacial score (nSPS) is 17.8. The Labute approximate surface area is 137 Å². The zero-order valence-electron chi connectivity index (χ0n) is 13.5. The summed E-state index contributed by atoms with van der Waals surface area (Å²) in [6.45, 7) is 2.83. The molecule has 1 aromatic carbocycles. The molecule has 1 amide bonds. The van der Waals surface area contributed by atoms with Crippen LogP contribution in [0.4, 0.5) is 0 Å². The van der Waals surface area contributed by atoms with E-state index in [-0.39, 0.29) is 17.5 Å². The minimum absolute atomic E-state index is 0.0192. The summed E-state index contributed by atoms with van der Waals surface area (Å²) in [5.74, 6) is -0.0702. The predicted molar refractivity (Wildman–Crippen MR) is 90.2 cm³/mol.